The van der Waals surface area contributed by atoms with Crippen LogP contribution in [0.1, 0.15) is 31.0 Å². The predicted octanol–water partition coefficient (Wildman–Crippen LogP) is 2.55. The van der Waals surface area contributed by atoms with Gasteiger partial charge in [-0.25, -0.2) is 9.67 Å². The number of rotatable bonds is 9. The minimum Gasteiger partial charge on any atom is -0.484 e. The van der Waals surface area contributed by atoms with Gasteiger partial charge in [-0.05, 0) is 55.3 Å². The van der Waals surface area contributed by atoms with Crippen molar-refractivity contribution in [3.8, 4) is 11.4 Å². The van der Waals surface area contributed by atoms with Gasteiger partial charge in [0.2, 0.25) is 0 Å². The lowest BCUT2D eigenvalue weighted by atomic mass is 10.1. The minimum atomic E-state index is -0.507. The first-order valence-corrected chi connectivity index (χ1v) is 10.2. The van der Waals surface area contributed by atoms with Crippen LogP contribution in [0.15, 0.2) is 72.0 Å². The van der Waals surface area contributed by atoms with Gasteiger partial charge in [0.25, 0.3) is 5.91 Å². The highest BCUT2D eigenvalue weighted by Crippen LogP contribution is 2.17. The lowest BCUT2D eigenvalue weighted by Gasteiger charge is -2.19. The maximum atomic E-state index is 10.9. The number of carbonyl (C=O) groups excluding carboxylic acids is 1. The number of hydrogen-bond donors (Lipinski definition) is 3. The van der Waals surface area contributed by atoms with Crippen molar-refractivity contribution in [2.45, 2.75) is 26.4 Å². The van der Waals surface area contributed by atoms with Crippen molar-refractivity contribution < 1.29 is 9.53 Å². The van der Waals surface area contributed by atoms with Crippen LogP contribution >= 0.6 is 0 Å². The zero-order chi connectivity index (χ0) is 22.1. The van der Waals surface area contributed by atoms with E-state index >= 15 is 0 Å². The molecule has 0 aliphatic rings. The van der Waals surface area contributed by atoms with Crippen molar-refractivity contribution in [1.82, 2.24) is 20.4 Å². The molecule has 1 aromatic heterocycles. The molecule has 0 fully saturated rings. The molecular formula is C23H28N6O2. The number of guanidine groups is 1. The zero-order valence-electron chi connectivity index (χ0n) is 17.8. The molecule has 0 bridgehead atoms. The van der Waals surface area contributed by atoms with Crippen molar-refractivity contribution in [2.75, 3.05) is 13.2 Å². The molecule has 4 N–H and O–H groups in total. The molecule has 0 aliphatic carbocycles. The maximum absolute atomic E-state index is 10.9. The Labute approximate surface area is 182 Å². The normalized spacial score (nSPS) is 12.3. The fourth-order valence-corrected chi connectivity index (χ4v) is 3.03. The van der Waals surface area contributed by atoms with E-state index in [4.69, 9.17) is 10.5 Å². The van der Waals surface area contributed by atoms with E-state index in [-0.39, 0.29) is 12.6 Å². The van der Waals surface area contributed by atoms with Crippen molar-refractivity contribution in [1.29, 1.82) is 0 Å². The average molecular weight is 421 g/mol. The molecule has 0 spiro atoms. The summed E-state index contributed by atoms with van der Waals surface area (Å²) in [6, 6.07) is 17.6. The molecule has 0 saturated carbocycles. The van der Waals surface area contributed by atoms with Crippen molar-refractivity contribution >= 4 is 11.9 Å². The number of nitrogens with two attached hydrogens (primary N) is 1. The molecule has 1 heterocycles. The van der Waals surface area contributed by atoms with E-state index in [0.29, 0.717) is 18.3 Å². The third-order valence-electron chi connectivity index (χ3n) is 4.54. The van der Waals surface area contributed by atoms with Crippen LogP contribution in [0.25, 0.3) is 5.69 Å². The average Bonchev–Trinajstić information content (AvgIpc) is 3.32. The monoisotopic (exact) mass is 420 g/mol. The standard InChI is InChI=1S/C23H28N6O2/c1-3-25-23(26-15-18-7-4-10-21(13-18)31-16-22(24)30)28-17(2)19-8-5-9-20(14-19)29-12-6-11-27-29/h4-14,17H,3,15-16H2,1-2H3,(H2,24,30)(H2,25,26,28). The van der Waals surface area contributed by atoms with Gasteiger partial charge in [0.1, 0.15) is 5.75 Å². The van der Waals surface area contributed by atoms with E-state index in [1.54, 1.807) is 12.3 Å². The lowest BCUT2D eigenvalue weighted by Crippen LogP contribution is -2.38. The maximum Gasteiger partial charge on any atom is 0.255 e. The number of carbonyl (C=O) groups is 1. The highest BCUT2D eigenvalue weighted by atomic mass is 16.5. The molecule has 3 rings (SSSR count). The van der Waals surface area contributed by atoms with E-state index in [9.17, 15) is 4.79 Å². The van der Waals surface area contributed by atoms with E-state index in [2.05, 4.69) is 39.8 Å². The minimum absolute atomic E-state index is 0.0403. The lowest BCUT2D eigenvalue weighted by molar-refractivity contribution is -0.119. The van der Waals surface area contributed by atoms with Gasteiger partial charge in [-0.2, -0.15) is 5.10 Å². The zero-order valence-corrected chi connectivity index (χ0v) is 17.8. The Morgan fingerprint density at radius 1 is 1.23 bits per heavy atom. The fraction of sp³-hybridized carbons (Fsp3) is 0.261. The Hall–Kier alpha value is -3.81. The van der Waals surface area contributed by atoms with Crippen molar-refractivity contribution in [3.63, 3.8) is 0 Å². The highest BCUT2D eigenvalue weighted by molar-refractivity contribution is 5.80. The molecule has 0 aliphatic heterocycles. The largest absolute Gasteiger partial charge is 0.484 e. The number of benzene rings is 2. The summed E-state index contributed by atoms with van der Waals surface area (Å²) in [4.78, 5) is 15.6. The quantitative estimate of drug-likeness (QED) is 0.364. The Balaban J connectivity index is 1.68. The first kappa shape index (κ1) is 21.9. The van der Waals surface area contributed by atoms with Gasteiger partial charge in [0.15, 0.2) is 12.6 Å². The SMILES string of the molecule is CCNC(=NCc1cccc(OCC(N)=O)c1)NC(C)c1cccc(-n2cccn2)c1. The summed E-state index contributed by atoms with van der Waals surface area (Å²) in [5.41, 5.74) is 8.23. The number of nitrogens with one attached hydrogen (secondary N) is 2. The predicted molar refractivity (Wildman–Crippen MR) is 121 cm³/mol. The van der Waals surface area contributed by atoms with Crippen LogP contribution in [-0.2, 0) is 11.3 Å². The molecule has 31 heavy (non-hydrogen) atoms. The van der Waals surface area contributed by atoms with E-state index in [0.717, 1.165) is 23.4 Å². The number of aliphatic imine (C=N–C) groups is 1. The molecule has 0 radical (unpaired) electrons. The summed E-state index contributed by atoms with van der Waals surface area (Å²) in [7, 11) is 0. The number of aromatic nitrogens is 2. The molecule has 8 heteroatoms. The summed E-state index contributed by atoms with van der Waals surface area (Å²) in [5.74, 6) is 0.795. The van der Waals surface area contributed by atoms with Crippen LogP contribution in [0.4, 0.5) is 0 Å². The van der Waals surface area contributed by atoms with E-state index in [1.165, 1.54) is 0 Å². The summed E-state index contributed by atoms with van der Waals surface area (Å²) >= 11 is 0. The highest BCUT2D eigenvalue weighted by Gasteiger charge is 2.09. The van der Waals surface area contributed by atoms with Crippen LogP contribution in [-0.4, -0.2) is 34.8 Å². The van der Waals surface area contributed by atoms with Crippen LogP contribution in [0.2, 0.25) is 0 Å². The second-order valence-electron chi connectivity index (χ2n) is 7.01. The second-order valence-corrected chi connectivity index (χ2v) is 7.01. The summed E-state index contributed by atoms with van der Waals surface area (Å²) < 4.78 is 7.20. The molecule has 8 nitrogen and oxygen atoms in total. The van der Waals surface area contributed by atoms with Gasteiger partial charge < -0.3 is 21.1 Å². The molecule has 0 saturated heterocycles. The number of amides is 1. The summed E-state index contributed by atoms with van der Waals surface area (Å²) in [6.07, 6.45) is 3.68. The van der Waals surface area contributed by atoms with Crippen LogP contribution in [0, 0.1) is 0 Å². The smallest absolute Gasteiger partial charge is 0.255 e. The van der Waals surface area contributed by atoms with E-state index < -0.39 is 5.91 Å². The Morgan fingerprint density at radius 2 is 2.06 bits per heavy atom. The first-order valence-electron chi connectivity index (χ1n) is 10.2. The number of ether oxygens (including phenoxy) is 1. The summed E-state index contributed by atoms with van der Waals surface area (Å²) in [5, 5.41) is 11.0. The number of primary amides is 1. The van der Waals surface area contributed by atoms with Crippen LogP contribution < -0.4 is 21.1 Å². The van der Waals surface area contributed by atoms with E-state index in [1.807, 2.05) is 54.2 Å². The number of nitrogens with zero attached hydrogens (tertiary/aromatic N) is 3. The molecule has 3 aromatic rings. The van der Waals surface area contributed by atoms with Crippen molar-refractivity contribution in [3.05, 3.63) is 78.1 Å². The van der Waals surface area contributed by atoms with Crippen molar-refractivity contribution in [2.24, 2.45) is 10.7 Å². The third-order valence-corrected chi connectivity index (χ3v) is 4.54. The molecule has 162 valence electrons. The Kier molecular flexibility index (Phi) is 7.64. The molecule has 1 amide bonds. The Bertz CT molecular complexity index is 1020. The summed E-state index contributed by atoms with van der Waals surface area (Å²) in [6.45, 7) is 5.18. The molecule has 2 aromatic carbocycles. The van der Waals surface area contributed by atoms with Gasteiger partial charge in [0, 0.05) is 18.9 Å². The fourth-order valence-electron chi connectivity index (χ4n) is 3.03. The van der Waals surface area contributed by atoms with Gasteiger partial charge in [0.05, 0.1) is 18.3 Å². The van der Waals surface area contributed by atoms with Gasteiger partial charge in [-0.3, -0.25) is 4.79 Å². The topological polar surface area (TPSA) is 107 Å². The number of hydrogen-bond acceptors (Lipinski definition) is 4. The Morgan fingerprint density at radius 3 is 2.81 bits per heavy atom. The second kappa shape index (κ2) is 10.8. The molecule has 1 atom stereocenters. The molecule has 1 unspecified atom stereocenters. The van der Waals surface area contributed by atoms with Gasteiger partial charge in [-0.15, -0.1) is 0 Å². The van der Waals surface area contributed by atoms with Gasteiger partial charge >= 0.3 is 0 Å². The first-order chi connectivity index (χ1) is 15.0. The van der Waals surface area contributed by atoms with Crippen LogP contribution in [0.5, 0.6) is 5.75 Å². The van der Waals surface area contributed by atoms with Crippen LogP contribution in [0.3, 0.4) is 0 Å². The third kappa shape index (κ3) is 6.60. The molecular weight excluding hydrogens is 392 g/mol. The van der Waals surface area contributed by atoms with Gasteiger partial charge in [-0.1, -0.05) is 24.3 Å².